The molecule has 1 aliphatic rings. The van der Waals surface area contributed by atoms with E-state index in [9.17, 15) is 0 Å². The zero-order valence-corrected chi connectivity index (χ0v) is 9.49. The van der Waals surface area contributed by atoms with Crippen LogP contribution in [0.2, 0.25) is 0 Å². The lowest BCUT2D eigenvalue weighted by molar-refractivity contribution is 0.0508. The summed E-state index contributed by atoms with van der Waals surface area (Å²) in [6.07, 6.45) is 3.00. The molecule has 15 heavy (non-hydrogen) atoms. The highest BCUT2D eigenvalue weighted by Gasteiger charge is 2.47. The molecule has 1 fully saturated rings. The molecule has 1 aliphatic carbocycles. The van der Waals surface area contributed by atoms with Crippen molar-refractivity contribution in [3.05, 3.63) is 24.0 Å². The van der Waals surface area contributed by atoms with Gasteiger partial charge in [0.15, 0.2) is 6.79 Å². The van der Waals surface area contributed by atoms with Gasteiger partial charge in [-0.2, -0.15) is 0 Å². The normalized spacial score (nSPS) is 22.5. The molecule has 3 nitrogen and oxygen atoms in total. The minimum Gasteiger partial charge on any atom is -0.466 e. The average molecular weight is 207 g/mol. The van der Waals surface area contributed by atoms with E-state index in [0.717, 1.165) is 5.75 Å². The van der Waals surface area contributed by atoms with Crippen molar-refractivity contribution < 1.29 is 9.47 Å². The molecule has 1 aromatic heterocycles. The average Bonchev–Trinajstić information content (AvgIpc) is 2.86. The Hall–Kier alpha value is -1.09. The van der Waals surface area contributed by atoms with Gasteiger partial charge >= 0.3 is 0 Å². The fraction of sp³-hybridized carbons (Fsp3) is 0.583. The third-order valence-electron chi connectivity index (χ3n) is 2.97. The molecule has 0 aromatic carbocycles. The van der Waals surface area contributed by atoms with Crippen LogP contribution in [0, 0.1) is 5.41 Å². The van der Waals surface area contributed by atoms with Crippen molar-refractivity contribution in [2.45, 2.75) is 26.2 Å². The van der Waals surface area contributed by atoms with Gasteiger partial charge in [-0.3, -0.25) is 4.98 Å². The number of pyridine rings is 1. The van der Waals surface area contributed by atoms with Crippen LogP contribution in [0.5, 0.6) is 5.75 Å². The van der Waals surface area contributed by atoms with E-state index in [2.05, 4.69) is 18.8 Å². The van der Waals surface area contributed by atoms with Crippen LogP contribution < -0.4 is 4.74 Å². The molecule has 1 aromatic rings. The van der Waals surface area contributed by atoms with E-state index in [0.29, 0.717) is 11.3 Å². The predicted molar refractivity (Wildman–Crippen MR) is 57.9 cm³/mol. The Kier molecular flexibility index (Phi) is 2.65. The molecule has 0 radical (unpaired) electrons. The molecule has 2 rings (SSSR count). The molecule has 82 valence electrons. The Balaban J connectivity index is 1.99. The summed E-state index contributed by atoms with van der Waals surface area (Å²) in [6, 6.07) is 4.00. The fourth-order valence-corrected chi connectivity index (χ4v) is 1.78. The van der Waals surface area contributed by atoms with Gasteiger partial charge in [-0.25, -0.2) is 0 Å². The Bertz CT molecular complexity index is 332. The van der Waals surface area contributed by atoms with Crippen molar-refractivity contribution >= 4 is 0 Å². The lowest BCUT2D eigenvalue weighted by atomic mass is 10.1. The van der Waals surface area contributed by atoms with Gasteiger partial charge < -0.3 is 9.47 Å². The third kappa shape index (κ3) is 2.29. The van der Waals surface area contributed by atoms with Gasteiger partial charge in [0.25, 0.3) is 0 Å². The van der Waals surface area contributed by atoms with Gasteiger partial charge in [-0.05, 0) is 24.0 Å². The van der Waals surface area contributed by atoms with Crippen molar-refractivity contribution in [1.82, 2.24) is 4.98 Å². The summed E-state index contributed by atoms with van der Waals surface area (Å²) in [5.74, 6) is 1.38. The summed E-state index contributed by atoms with van der Waals surface area (Å²) in [6.45, 7) is 4.82. The number of hydrogen-bond acceptors (Lipinski definition) is 3. The largest absolute Gasteiger partial charge is 0.466 e. The minimum absolute atomic E-state index is 0.274. The number of hydrogen-bond donors (Lipinski definition) is 0. The molecule has 1 unspecified atom stereocenters. The first-order valence-electron chi connectivity index (χ1n) is 5.21. The minimum atomic E-state index is 0.274. The highest BCUT2D eigenvalue weighted by molar-refractivity contribution is 5.27. The maximum Gasteiger partial charge on any atom is 0.188 e. The zero-order chi connectivity index (χ0) is 10.9. The van der Waals surface area contributed by atoms with E-state index < -0.39 is 0 Å². The molecule has 0 saturated heterocycles. The number of ether oxygens (including phenoxy) is 2. The van der Waals surface area contributed by atoms with Crippen molar-refractivity contribution in [2.75, 3.05) is 13.9 Å². The lowest BCUT2D eigenvalue weighted by Gasteiger charge is -2.06. The van der Waals surface area contributed by atoms with Gasteiger partial charge in [0.05, 0.1) is 6.20 Å². The molecule has 1 atom stereocenters. The van der Waals surface area contributed by atoms with E-state index in [4.69, 9.17) is 9.47 Å². The van der Waals surface area contributed by atoms with Crippen molar-refractivity contribution in [2.24, 2.45) is 5.41 Å². The summed E-state index contributed by atoms with van der Waals surface area (Å²) >= 11 is 0. The monoisotopic (exact) mass is 207 g/mol. The van der Waals surface area contributed by atoms with Crippen LogP contribution in [0.4, 0.5) is 0 Å². The van der Waals surface area contributed by atoms with Crippen LogP contribution in [-0.2, 0) is 4.74 Å². The van der Waals surface area contributed by atoms with E-state index in [1.807, 2.05) is 12.1 Å². The third-order valence-corrected chi connectivity index (χ3v) is 2.97. The second-order valence-electron chi connectivity index (χ2n) is 4.71. The molecular formula is C12H17NO2. The SMILES string of the molecule is COCOc1ccc(C2CC2(C)C)nc1. The Labute approximate surface area is 90.4 Å². The summed E-state index contributed by atoms with van der Waals surface area (Å²) in [7, 11) is 1.61. The summed E-state index contributed by atoms with van der Waals surface area (Å²) in [5.41, 5.74) is 1.60. The summed E-state index contributed by atoms with van der Waals surface area (Å²) in [5, 5.41) is 0. The molecule has 0 spiro atoms. The Morgan fingerprint density at radius 1 is 1.47 bits per heavy atom. The molecule has 3 heteroatoms. The van der Waals surface area contributed by atoms with E-state index in [-0.39, 0.29) is 6.79 Å². The number of methoxy groups -OCH3 is 1. The highest BCUT2D eigenvalue weighted by atomic mass is 16.7. The maximum atomic E-state index is 5.28. The van der Waals surface area contributed by atoms with Crippen LogP contribution in [0.25, 0.3) is 0 Å². The topological polar surface area (TPSA) is 31.4 Å². The van der Waals surface area contributed by atoms with Gasteiger partial charge in [0.1, 0.15) is 5.75 Å². The smallest absolute Gasteiger partial charge is 0.188 e. The predicted octanol–water partition coefficient (Wildman–Crippen LogP) is 2.58. The molecule has 0 N–H and O–H groups in total. The van der Waals surface area contributed by atoms with E-state index >= 15 is 0 Å². The highest BCUT2D eigenvalue weighted by Crippen LogP contribution is 2.57. The quantitative estimate of drug-likeness (QED) is 0.711. The molecule has 1 heterocycles. The Morgan fingerprint density at radius 3 is 2.67 bits per heavy atom. The van der Waals surface area contributed by atoms with E-state index in [1.165, 1.54) is 12.1 Å². The first kappa shape index (κ1) is 10.4. The molecule has 0 amide bonds. The van der Waals surface area contributed by atoms with Crippen LogP contribution >= 0.6 is 0 Å². The zero-order valence-electron chi connectivity index (χ0n) is 9.49. The molecule has 0 aliphatic heterocycles. The lowest BCUT2D eigenvalue weighted by Crippen LogP contribution is -2.00. The molecule has 0 bridgehead atoms. The van der Waals surface area contributed by atoms with Gasteiger partial charge in [-0.15, -0.1) is 0 Å². The van der Waals surface area contributed by atoms with Crippen LogP contribution in [-0.4, -0.2) is 18.9 Å². The summed E-state index contributed by atoms with van der Waals surface area (Å²) in [4.78, 5) is 4.41. The summed E-state index contributed by atoms with van der Waals surface area (Å²) < 4.78 is 10.1. The standard InChI is InChI=1S/C12H17NO2/c1-12(2)6-10(12)11-5-4-9(7-13-11)15-8-14-3/h4-5,7,10H,6,8H2,1-3H3. The second-order valence-corrected chi connectivity index (χ2v) is 4.71. The van der Waals surface area contributed by atoms with E-state index in [1.54, 1.807) is 13.3 Å². The van der Waals surface area contributed by atoms with Gasteiger partial charge in [0.2, 0.25) is 0 Å². The number of rotatable bonds is 4. The molecular weight excluding hydrogens is 190 g/mol. The number of nitrogens with zero attached hydrogens (tertiary/aromatic N) is 1. The van der Waals surface area contributed by atoms with Crippen molar-refractivity contribution in [1.29, 1.82) is 0 Å². The first-order chi connectivity index (χ1) is 7.13. The van der Waals surface area contributed by atoms with Crippen LogP contribution in [0.15, 0.2) is 18.3 Å². The van der Waals surface area contributed by atoms with Crippen LogP contribution in [0.3, 0.4) is 0 Å². The van der Waals surface area contributed by atoms with Gasteiger partial charge in [0, 0.05) is 18.7 Å². The maximum absolute atomic E-state index is 5.28. The van der Waals surface area contributed by atoms with Crippen molar-refractivity contribution in [3.8, 4) is 5.75 Å². The number of aromatic nitrogens is 1. The van der Waals surface area contributed by atoms with Crippen molar-refractivity contribution in [3.63, 3.8) is 0 Å². The Morgan fingerprint density at radius 2 is 2.20 bits per heavy atom. The van der Waals surface area contributed by atoms with Crippen LogP contribution in [0.1, 0.15) is 31.9 Å². The first-order valence-corrected chi connectivity index (χ1v) is 5.21. The second kappa shape index (κ2) is 3.81. The fourth-order valence-electron chi connectivity index (χ4n) is 1.78. The molecule has 1 saturated carbocycles. The van der Waals surface area contributed by atoms with Gasteiger partial charge in [-0.1, -0.05) is 13.8 Å².